The molecule has 1 atom stereocenters. The van der Waals surface area contributed by atoms with E-state index in [1.165, 1.54) is 7.11 Å². The summed E-state index contributed by atoms with van der Waals surface area (Å²) in [5.41, 5.74) is 0. The molecule has 5 heteroatoms. The Labute approximate surface area is 103 Å². The highest BCUT2D eigenvalue weighted by Crippen LogP contribution is 2.03. The van der Waals surface area contributed by atoms with Gasteiger partial charge < -0.3 is 14.8 Å². The fourth-order valence-corrected chi connectivity index (χ4v) is 1.92. The Balaban J connectivity index is 2.24. The van der Waals surface area contributed by atoms with Crippen LogP contribution in [0.1, 0.15) is 13.8 Å². The van der Waals surface area contributed by atoms with Crippen LogP contribution in [0.4, 0.5) is 0 Å². The molecule has 100 valence electrons. The summed E-state index contributed by atoms with van der Waals surface area (Å²) in [6.45, 7) is 9.36. The van der Waals surface area contributed by atoms with Crippen molar-refractivity contribution in [2.24, 2.45) is 5.92 Å². The second-order valence-corrected chi connectivity index (χ2v) is 4.65. The molecule has 0 aromatic heterocycles. The van der Waals surface area contributed by atoms with Gasteiger partial charge in [0.15, 0.2) is 0 Å². The van der Waals surface area contributed by atoms with Crippen molar-refractivity contribution < 1.29 is 14.3 Å². The van der Waals surface area contributed by atoms with E-state index in [-0.39, 0.29) is 17.9 Å². The van der Waals surface area contributed by atoms with Gasteiger partial charge in [0.2, 0.25) is 0 Å². The van der Waals surface area contributed by atoms with Crippen molar-refractivity contribution in [1.82, 2.24) is 10.2 Å². The molecule has 0 saturated carbocycles. The molecule has 1 saturated heterocycles. The molecule has 1 fully saturated rings. The number of hydrogen-bond donors (Lipinski definition) is 1. The summed E-state index contributed by atoms with van der Waals surface area (Å²) in [4.78, 5) is 13.9. The third-order valence-electron chi connectivity index (χ3n) is 3.02. The van der Waals surface area contributed by atoms with Crippen LogP contribution in [0.25, 0.3) is 0 Å². The Hall–Kier alpha value is -0.650. The molecular weight excluding hydrogens is 220 g/mol. The largest absolute Gasteiger partial charge is 0.468 e. The average Bonchev–Trinajstić information content (AvgIpc) is 2.34. The van der Waals surface area contributed by atoms with E-state index in [0.717, 1.165) is 39.4 Å². The van der Waals surface area contributed by atoms with E-state index in [9.17, 15) is 4.79 Å². The van der Waals surface area contributed by atoms with E-state index in [1.807, 2.05) is 13.8 Å². The normalized spacial score (nSPS) is 19.3. The average molecular weight is 244 g/mol. The van der Waals surface area contributed by atoms with E-state index in [2.05, 4.69) is 10.2 Å². The Kier molecular flexibility index (Phi) is 6.47. The van der Waals surface area contributed by atoms with Gasteiger partial charge in [-0.1, -0.05) is 13.8 Å². The summed E-state index contributed by atoms with van der Waals surface area (Å²) in [6.07, 6.45) is 0. The standard InChI is InChI=1S/C12H24N2O3/c1-10(2)11(12(15)16-3)13-4-5-14-6-8-17-9-7-14/h10-11,13H,4-9H2,1-3H3. The topological polar surface area (TPSA) is 50.8 Å². The first kappa shape index (κ1) is 14.4. The molecule has 17 heavy (non-hydrogen) atoms. The number of methoxy groups -OCH3 is 1. The number of nitrogens with zero attached hydrogens (tertiary/aromatic N) is 1. The van der Waals surface area contributed by atoms with Crippen LogP contribution in [0, 0.1) is 5.92 Å². The van der Waals surface area contributed by atoms with Crippen LogP contribution in [-0.4, -0.2) is 63.4 Å². The van der Waals surface area contributed by atoms with E-state index in [1.54, 1.807) is 0 Å². The van der Waals surface area contributed by atoms with Crippen LogP contribution in [0.3, 0.4) is 0 Å². The third-order valence-corrected chi connectivity index (χ3v) is 3.02. The van der Waals surface area contributed by atoms with Crippen molar-refractivity contribution in [1.29, 1.82) is 0 Å². The number of esters is 1. The quantitative estimate of drug-likeness (QED) is 0.672. The Morgan fingerprint density at radius 1 is 1.41 bits per heavy atom. The lowest BCUT2D eigenvalue weighted by Crippen LogP contribution is -2.46. The zero-order valence-electron chi connectivity index (χ0n) is 11.1. The van der Waals surface area contributed by atoms with Gasteiger partial charge >= 0.3 is 5.97 Å². The fraction of sp³-hybridized carbons (Fsp3) is 0.917. The second kappa shape index (κ2) is 7.63. The molecule has 1 heterocycles. The summed E-state index contributed by atoms with van der Waals surface area (Å²) < 4.78 is 10.1. The van der Waals surface area contributed by atoms with Crippen LogP contribution in [0.5, 0.6) is 0 Å². The zero-order valence-corrected chi connectivity index (χ0v) is 11.1. The van der Waals surface area contributed by atoms with Crippen LogP contribution in [0.2, 0.25) is 0 Å². The van der Waals surface area contributed by atoms with Crippen molar-refractivity contribution in [3.63, 3.8) is 0 Å². The van der Waals surface area contributed by atoms with Crippen molar-refractivity contribution in [2.45, 2.75) is 19.9 Å². The van der Waals surface area contributed by atoms with Gasteiger partial charge in [-0.25, -0.2) is 0 Å². The lowest BCUT2D eigenvalue weighted by Gasteiger charge is -2.28. The predicted octanol–water partition coefficient (Wildman–Crippen LogP) is 0.106. The van der Waals surface area contributed by atoms with Gasteiger partial charge in [0.1, 0.15) is 6.04 Å². The number of rotatable bonds is 6. The van der Waals surface area contributed by atoms with Crippen molar-refractivity contribution in [2.75, 3.05) is 46.5 Å². The lowest BCUT2D eigenvalue weighted by atomic mass is 10.0. The minimum Gasteiger partial charge on any atom is -0.468 e. The zero-order chi connectivity index (χ0) is 12.7. The molecule has 0 aromatic rings. The van der Waals surface area contributed by atoms with E-state index in [0.29, 0.717) is 0 Å². The summed E-state index contributed by atoms with van der Waals surface area (Å²) in [5.74, 6) is 0.0640. The first-order chi connectivity index (χ1) is 8.15. The first-order valence-electron chi connectivity index (χ1n) is 6.26. The van der Waals surface area contributed by atoms with Gasteiger partial charge in [0, 0.05) is 26.2 Å². The van der Waals surface area contributed by atoms with E-state index >= 15 is 0 Å². The molecule has 5 nitrogen and oxygen atoms in total. The second-order valence-electron chi connectivity index (χ2n) is 4.65. The van der Waals surface area contributed by atoms with Gasteiger partial charge in [-0.05, 0) is 5.92 Å². The van der Waals surface area contributed by atoms with Crippen LogP contribution in [-0.2, 0) is 14.3 Å². The number of hydrogen-bond acceptors (Lipinski definition) is 5. The first-order valence-corrected chi connectivity index (χ1v) is 6.26. The third kappa shape index (κ3) is 5.02. The number of morpholine rings is 1. The minimum atomic E-state index is -0.207. The molecule has 0 radical (unpaired) electrons. The number of nitrogens with one attached hydrogen (secondary N) is 1. The SMILES string of the molecule is COC(=O)C(NCCN1CCOCC1)C(C)C. The molecule has 1 aliphatic rings. The van der Waals surface area contributed by atoms with Gasteiger partial charge in [-0.2, -0.15) is 0 Å². The molecule has 1 aliphatic heterocycles. The molecule has 1 rings (SSSR count). The van der Waals surface area contributed by atoms with Crippen LogP contribution in [0.15, 0.2) is 0 Å². The highest BCUT2D eigenvalue weighted by Gasteiger charge is 2.22. The maximum Gasteiger partial charge on any atom is 0.323 e. The van der Waals surface area contributed by atoms with Crippen LogP contribution >= 0.6 is 0 Å². The number of carbonyl (C=O) groups excluding carboxylic acids is 1. The van der Waals surface area contributed by atoms with Crippen molar-refractivity contribution in [3.8, 4) is 0 Å². The Bertz CT molecular complexity index is 228. The van der Waals surface area contributed by atoms with E-state index < -0.39 is 0 Å². The van der Waals surface area contributed by atoms with Crippen molar-refractivity contribution in [3.05, 3.63) is 0 Å². The maximum absolute atomic E-state index is 11.5. The van der Waals surface area contributed by atoms with E-state index in [4.69, 9.17) is 9.47 Å². The molecular formula is C12H24N2O3. The van der Waals surface area contributed by atoms with Gasteiger partial charge in [0.25, 0.3) is 0 Å². The van der Waals surface area contributed by atoms with Crippen molar-refractivity contribution >= 4 is 5.97 Å². The molecule has 1 N–H and O–H groups in total. The summed E-state index contributed by atoms with van der Waals surface area (Å²) in [6, 6.07) is -0.207. The Morgan fingerprint density at radius 3 is 2.59 bits per heavy atom. The Morgan fingerprint density at radius 2 is 2.06 bits per heavy atom. The summed E-state index contributed by atoms with van der Waals surface area (Å²) in [7, 11) is 1.43. The molecule has 0 aliphatic carbocycles. The number of carbonyl (C=O) groups is 1. The highest BCUT2D eigenvalue weighted by atomic mass is 16.5. The van der Waals surface area contributed by atoms with Gasteiger partial charge in [-0.3, -0.25) is 9.69 Å². The maximum atomic E-state index is 11.5. The summed E-state index contributed by atoms with van der Waals surface area (Å²) >= 11 is 0. The monoisotopic (exact) mass is 244 g/mol. The van der Waals surface area contributed by atoms with Gasteiger partial charge in [-0.15, -0.1) is 0 Å². The molecule has 0 amide bonds. The number of ether oxygens (including phenoxy) is 2. The molecule has 0 bridgehead atoms. The predicted molar refractivity (Wildman–Crippen MR) is 65.9 cm³/mol. The van der Waals surface area contributed by atoms with Gasteiger partial charge in [0.05, 0.1) is 20.3 Å². The molecule has 1 unspecified atom stereocenters. The smallest absolute Gasteiger partial charge is 0.323 e. The lowest BCUT2D eigenvalue weighted by molar-refractivity contribution is -0.144. The molecule has 0 aromatic carbocycles. The van der Waals surface area contributed by atoms with Crippen LogP contribution < -0.4 is 5.32 Å². The summed E-state index contributed by atoms with van der Waals surface area (Å²) in [5, 5.41) is 3.26. The fourth-order valence-electron chi connectivity index (χ4n) is 1.92. The minimum absolute atomic E-state index is 0.179. The molecule has 0 spiro atoms. The highest BCUT2D eigenvalue weighted by molar-refractivity contribution is 5.75.